The summed E-state index contributed by atoms with van der Waals surface area (Å²) < 4.78 is 5.70. The Kier molecular flexibility index (Phi) is 4.43. The van der Waals surface area contributed by atoms with E-state index in [-0.39, 0.29) is 17.7 Å². The van der Waals surface area contributed by atoms with E-state index in [0.717, 1.165) is 11.6 Å². The first-order valence-electron chi connectivity index (χ1n) is 7.51. The maximum atomic E-state index is 12.4. The first-order chi connectivity index (χ1) is 11.6. The largest absolute Gasteiger partial charge is 0.502 e. The van der Waals surface area contributed by atoms with E-state index in [4.69, 9.17) is 4.74 Å². The predicted molar refractivity (Wildman–Crippen MR) is 85.8 cm³/mol. The van der Waals surface area contributed by atoms with Gasteiger partial charge in [0.05, 0.1) is 16.5 Å². The number of hydrogen-bond donors (Lipinski definition) is 2. The second kappa shape index (κ2) is 6.67. The Morgan fingerprint density at radius 1 is 1.21 bits per heavy atom. The van der Waals surface area contributed by atoms with Crippen LogP contribution in [0.3, 0.4) is 0 Å². The van der Waals surface area contributed by atoms with Gasteiger partial charge in [-0.3, -0.25) is 14.9 Å². The molecule has 124 valence electrons. The Hall–Kier alpha value is -2.93. The van der Waals surface area contributed by atoms with E-state index in [1.54, 1.807) is 0 Å². The number of hydrogen-bond acceptors (Lipinski definition) is 5. The molecule has 3 rings (SSSR count). The SMILES string of the molecule is O=C(NC1CCOC1c1ccccc1)c1cccc([N+](=O)[O-])c1O. The van der Waals surface area contributed by atoms with Gasteiger partial charge >= 0.3 is 5.69 Å². The van der Waals surface area contributed by atoms with Gasteiger partial charge in [-0.25, -0.2) is 0 Å². The number of benzene rings is 2. The maximum absolute atomic E-state index is 12.4. The van der Waals surface area contributed by atoms with Crippen LogP contribution < -0.4 is 5.32 Å². The number of amides is 1. The Morgan fingerprint density at radius 2 is 1.96 bits per heavy atom. The van der Waals surface area contributed by atoms with Gasteiger partial charge in [0.25, 0.3) is 5.91 Å². The molecule has 1 aliphatic heterocycles. The molecule has 1 aliphatic rings. The van der Waals surface area contributed by atoms with Crippen LogP contribution in [0.5, 0.6) is 5.75 Å². The van der Waals surface area contributed by atoms with Crippen molar-refractivity contribution < 1.29 is 19.6 Å². The Morgan fingerprint density at radius 3 is 2.67 bits per heavy atom. The van der Waals surface area contributed by atoms with Crippen molar-refractivity contribution in [2.75, 3.05) is 6.61 Å². The first kappa shape index (κ1) is 15.9. The lowest BCUT2D eigenvalue weighted by molar-refractivity contribution is -0.385. The van der Waals surface area contributed by atoms with Gasteiger partial charge in [-0.05, 0) is 18.1 Å². The van der Waals surface area contributed by atoms with Crippen molar-refractivity contribution in [1.82, 2.24) is 5.32 Å². The normalized spacial score (nSPS) is 19.8. The van der Waals surface area contributed by atoms with Gasteiger partial charge in [0.1, 0.15) is 6.10 Å². The number of ether oxygens (including phenoxy) is 1. The second-order valence-corrected chi connectivity index (χ2v) is 5.50. The van der Waals surface area contributed by atoms with Crippen molar-refractivity contribution >= 4 is 11.6 Å². The van der Waals surface area contributed by atoms with Crippen molar-refractivity contribution in [2.24, 2.45) is 0 Å². The maximum Gasteiger partial charge on any atom is 0.311 e. The molecule has 1 heterocycles. The van der Waals surface area contributed by atoms with Crippen LogP contribution >= 0.6 is 0 Å². The number of aromatic hydroxyl groups is 1. The summed E-state index contributed by atoms with van der Waals surface area (Å²) in [5.74, 6) is -1.19. The van der Waals surface area contributed by atoms with E-state index >= 15 is 0 Å². The van der Waals surface area contributed by atoms with E-state index in [9.17, 15) is 20.0 Å². The number of phenols is 1. The van der Waals surface area contributed by atoms with Crippen molar-refractivity contribution in [3.63, 3.8) is 0 Å². The summed E-state index contributed by atoms with van der Waals surface area (Å²) in [6, 6.07) is 13.1. The quantitative estimate of drug-likeness (QED) is 0.663. The minimum Gasteiger partial charge on any atom is -0.502 e. The number of nitrogens with one attached hydrogen (secondary N) is 1. The average Bonchev–Trinajstić information content (AvgIpc) is 3.03. The van der Waals surface area contributed by atoms with Gasteiger partial charge in [-0.1, -0.05) is 36.4 Å². The molecule has 0 aliphatic carbocycles. The van der Waals surface area contributed by atoms with Gasteiger partial charge in [-0.15, -0.1) is 0 Å². The van der Waals surface area contributed by atoms with E-state index < -0.39 is 22.3 Å². The van der Waals surface area contributed by atoms with Crippen LogP contribution in [0, 0.1) is 10.1 Å². The highest BCUT2D eigenvalue weighted by Crippen LogP contribution is 2.32. The number of carbonyl (C=O) groups excluding carboxylic acids is 1. The van der Waals surface area contributed by atoms with Crippen LogP contribution in [0.2, 0.25) is 0 Å². The molecular formula is C17H16N2O5. The smallest absolute Gasteiger partial charge is 0.311 e. The minimum atomic E-state index is -0.725. The molecule has 7 nitrogen and oxygen atoms in total. The highest BCUT2D eigenvalue weighted by Gasteiger charge is 2.32. The lowest BCUT2D eigenvalue weighted by Gasteiger charge is -2.20. The monoisotopic (exact) mass is 328 g/mol. The van der Waals surface area contributed by atoms with Crippen molar-refractivity contribution in [3.05, 3.63) is 69.8 Å². The Bertz CT molecular complexity index is 763. The minimum absolute atomic E-state index is 0.122. The van der Waals surface area contributed by atoms with Gasteiger partial charge in [0.15, 0.2) is 0 Å². The van der Waals surface area contributed by atoms with Crippen LogP contribution in [0.15, 0.2) is 48.5 Å². The number of para-hydroxylation sites is 1. The summed E-state index contributed by atoms with van der Waals surface area (Å²) in [7, 11) is 0. The summed E-state index contributed by atoms with van der Waals surface area (Å²) in [4.78, 5) is 22.6. The summed E-state index contributed by atoms with van der Waals surface area (Å²) >= 11 is 0. The van der Waals surface area contributed by atoms with Gasteiger partial charge in [0, 0.05) is 12.7 Å². The molecule has 2 aromatic carbocycles. The number of nitrogens with zero attached hydrogens (tertiary/aromatic N) is 1. The summed E-state index contributed by atoms with van der Waals surface area (Å²) in [5.41, 5.74) is 0.330. The summed E-state index contributed by atoms with van der Waals surface area (Å²) in [6.45, 7) is 0.505. The molecule has 1 amide bonds. The zero-order chi connectivity index (χ0) is 17.1. The molecule has 0 aromatic heterocycles. The molecule has 24 heavy (non-hydrogen) atoms. The fourth-order valence-electron chi connectivity index (χ4n) is 2.82. The topological polar surface area (TPSA) is 102 Å². The molecular weight excluding hydrogens is 312 g/mol. The van der Waals surface area contributed by atoms with Gasteiger partial charge in [-0.2, -0.15) is 0 Å². The van der Waals surface area contributed by atoms with Gasteiger partial charge < -0.3 is 15.2 Å². The third-order valence-corrected chi connectivity index (χ3v) is 3.99. The van der Waals surface area contributed by atoms with Crippen LogP contribution in [0.4, 0.5) is 5.69 Å². The zero-order valence-electron chi connectivity index (χ0n) is 12.7. The Labute approximate surface area is 138 Å². The predicted octanol–water partition coefficient (Wildman–Crippen LogP) is 2.56. The molecule has 1 saturated heterocycles. The molecule has 2 aromatic rings. The molecule has 0 spiro atoms. The zero-order valence-corrected chi connectivity index (χ0v) is 12.7. The number of phenolic OH excluding ortho intramolecular Hbond substituents is 1. The number of nitro benzene ring substituents is 1. The van der Waals surface area contributed by atoms with Crippen molar-refractivity contribution in [1.29, 1.82) is 0 Å². The van der Waals surface area contributed by atoms with E-state index in [1.165, 1.54) is 12.1 Å². The molecule has 2 atom stereocenters. The molecule has 7 heteroatoms. The summed E-state index contributed by atoms with van der Waals surface area (Å²) in [5, 5.41) is 23.6. The van der Waals surface area contributed by atoms with Crippen LogP contribution in [0.1, 0.15) is 28.4 Å². The molecule has 2 unspecified atom stereocenters. The Balaban J connectivity index is 1.80. The fraction of sp³-hybridized carbons (Fsp3) is 0.235. The molecule has 0 radical (unpaired) electrons. The number of carbonyl (C=O) groups is 1. The second-order valence-electron chi connectivity index (χ2n) is 5.50. The van der Waals surface area contributed by atoms with Crippen LogP contribution in [-0.2, 0) is 4.74 Å². The standard InChI is InChI=1S/C17H16N2O5/c20-15-12(7-4-8-14(15)19(22)23)17(21)18-13-9-10-24-16(13)11-5-2-1-3-6-11/h1-8,13,16,20H,9-10H2,(H,18,21). The summed E-state index contributed by atoms with van der Waals surface area (Å²) in [6.07, 6.45) is 0.344. The van der Waals surface area contributed by atoms with Crippen LogP contribution in [-0.4, -0.2) is 28.6 Å². The highest BCUT2D eigenvalue weighted by molar-refractivity contribution is 5.98. The van der Waals surface area contributed by atoms with Crippen LogP contribution in [0.25, 0.3) is 0 Å². The van der Waals surface area contributed by atoms with Gasteiger partial charge in [0.2, 0.25) is 5.75 Å². The number of rotatable bonds is 4. The van der Waals surface area contributed by atoms with E-state index in [2.05, 4.69) is 5.32 Å². The lowest BCUT2D eigenvalue weighted by atomic mass is 10.0. The molecule has 0 saturated carbocycles. The average molecular weight is 328 g/mol. The fourth-order valence-corrected chi connectivity index (χ4v) is 2.82. The third kappa shape index (κ3) is 3.07. The first-order valence-corrected chi connectivity index (χ1v) is 7.51. The molecule has 0 bridgehead atoms. The third-order valence-electron chi connectivity index (χ3n) is 3.99. The van der Waals surface area contributed by atoms with E-state index in [1.807, 2.05) is 30.3 Å². The van der Waals surface area contributed by atoms with Crippen molar-refractivity contribution in [2.45, 2.75) is 18.6 Å². The van der Waals surface area contributed by atoms with Crippen molar-refractivity contribution in [3.8, 4) is 5.75 Å². The lowest BCUT2D eigenvalue weighted by Crippen LogP contribution is -2.36. The highest BCUT2D eigenvalue weighted by atomic mass is 16.6. The number of nitro groups is 1. The molecule has 2 N–H and O–H groups in total. The molecule has 1 fully saturated rings. The van der Waals surface area contributed by atoms with E-state index in [0.29, 0.717) is 13.0 Å².